The van der Waals surface area contributed by atoms with Crippen molar-refractivity contribution in [2.75, 3.05) is 0 Å². The van der Waals surface area contributed by atoms with Gasteiger partial charge in [0.25, 0.3) is 0 Å². The van der Waals surface area contributed by atoms with Gasteiger partial charge in [0.1, 0.15) is 0 Å². The van der Waals surface area contributed by atoms with E-state index in [2.05, 4.69) is 5.32 Å². The zero-order valence-electron chi connectivity index (χ0n) is 5.97. The van der Waals surface area contributed by atoms with Crippen molar-refractivity contribution in [3.05, 3.63) is 6.54 Å². The summed E-state index contributed by atoms with van der Waals surface area (Å²) in [5, 5.41) is 2.39. The highest BCUT2D eigenvalue weighted by molar-refractivity contribution is 5.67. The van der Waals surface area contributed by atoms with Gasteiger partial charge in [0.2, 0.25) is 0 Å². The molecule has 1 radical (unpaired) electrons. The lowest BCUT2D eigenvalue weighted by molar-refractivity contribution is 0.118. The van der Waals surface area contributed by atoms with E-state index in [1.807, 2.05) is 0 Å². The van der Waals surface area contributed by atoms with Crippen LogP contribution < -0.4 is 5.32 Å². The third kappa shape index (κ3) is 5.14. The predicted molar refractivity (Wildman–Crippen MR) is 34.7 cm³/mol. The Morgan fingerprint density at radius 3 is 2.56 bits per heavy atom. The number of rotatable bonds is 2. The zero-order valence-corrected chi connectivity index (χ0v) is 5.97. The van der Waals surface area contributed by atoms with Gasteiger partial charge in [-0.25, -0.2) is 4.79 Å². The SMILES string of the molecule is C[CH]NC(=O)OC(C)C. The average Bonchev–Trinajstić information content (AvgIpc) is 1.63. The molecule has 0 aromatic rings. The van der Waals surface area contributed by atoms with E-state index in [1.165, 1.54) is 6.54 Å². The number of hydrogen-bond donors (Lipinski definition) is 1. The van der Waals surface area contributed by atoms with Gasteiger partial charge < -0.3 is 10.1 Å². The third-order valence-electron chi connectivity index (χ3n) is 0.605. The van der Waals surface area contributed by atoms with Crippen molar-refractivity contribution in [2.45, 2.75) is 26.9 Å². The van der Waals surface area contributed by atoms with E-state index < -0.39 is 6.09 Å². The maximum absolute atomic E-state index is 10.5. The van der Waals surface area contributed by atoms with Crippen molar-refractivity contribution >= 4 is 6.09 Å². The van der Waals surface area contributed by atoms with Crippen LogP contribution in [0.2, 0.25) is 0 Å². The molecule has 0 unspecified atom stereocenters. The van der Waals surface area contributed by atoms with Crippen molar-refractivity contribution in [3.63, 3.8) is 0 Å². The molecule has 0 saturated carbocycles. The first-order chi connectivity index (χ1) is 4.16. The lowest BCUT2D eigenvalue weighted by Gasteiger charge is -2.06. The summed E-state index contributed by atoms with van der Waals surface area (Å²) in [7, 11) is 0. The second-order valence-corrected chi connectivity index (χ2v) is 1.89. The molecule has 1 N–H and O–H groups in total. The van der Waals surface area contributed by atoms with Gasteiger partial charge in [-0.1, -0.05) is 0 Å². The fourth-order valence-corrected chi connectivity index (χ4v) is 0.366. The molecule has 0 saturated heterocycles. The second-order valence-electron chi connectivity index (χ2n) is 1.89. The summed E-state index contributed by atoms with van der Waals surface area (Å²) in [5.74, 6) is 0. The van der Waals surface area contributed by atoms with Crippen LogP contribution in [0.4, 0.5) is 4.79 Å². The van der Waals surface area contributed by atoms with Crippen molar-refractivity contribution in [2.24, 2.45) is 0 Å². The van der Waals surface area contributed by atoms with Crippen LogP contribution in [0.25, 0.3) is 0 Å². The normalized spacial score (nSPS) is 9.33. The Morgan fingerprint density at radius 2 is 2.22 bits per heavy atom. The molecule has 0 spiro atoms. The molecule has 0 rings (SSSR count). The summed E-state index contributed by atoms with van der Waals surface area (Å²) in [6.07, 6.45) is -0.447. The quantitative estimate of drug-likeness (QED) is 0.611. The van der Waals surface area contributed by atoms with Gasteiger partial charge in [0.05, 0.1) is 6.10 Å². The number of amides is 1. The molecule has 0 aromatic heterocycles. The van der Waals surface area contributed by atoms with Crippen LogP contribution >= 0.6 is 0 Å². The lowest BCUT2D eigenvalue weighted by atomic mass is 10.5. The van der Waals surface area contributed by atoms with E-state index in [9.17, 15) is 4.79 Å². The minimum Gasteiger partial charge on any atom is -0.447 e. The van der Waals surface area contributed by atoms with Gasteiger partial charge in [0.15, 0.2) is 0 Å². The van der Waals surface area contributed by atoms with Crippen LogP contribution in [0.3, 0.4) is 0 Å². The lowest BCUT2D eigenvalue weighted by Crippen LogP contribution is -2.23. The largest absolute Gasteiger partial charge is 0.447 e. The molecule has 0 aliphatic rings. The first-order valence-corrected chi connectivity index (χ1v) is 2.91. The Labute approximate surface area is 55.4 Å². The highest BCUT2D eigenvalue weighted by atomic mass is 16.6. The van der Waals surface area contributed by atoms with E-state index >= 15 is 0 Å². The van der Waals surface area contributed by atoms with Crippen LogP contribution in [0.15, 0.2) is 0 Å². The van der Waals surface area contributed by atoms with Gasteiger partial charge in [-0.3, -0.25) is 0 Å². The highest BCUT2D eigenvalue weighted by Crippen LogP contribution is 1.87. The van der Waals surface area contributed by atoms with Crippen molar-refractivity contribution < 1.29 is 9.53 Å². The van der Waals surface area contributed by atoms with E-state index in [-0.39, 0.29) is 6.10 Å². The molecule has 53 valence electrons. The van der Waals surface area contributed by atoms with E-state index in [4.69, 9.17) is 4.74 Å². The number of carbonyl (C=O) groups excluding carboxylic acids is 1. The van der Waals surface area contributed by atoms with Gasteiger partial charge in [-0.15, -0.1) is 0 Å². The number of nitrogens with one attached hydrogen (secondary N) is 1. The molecule has 0 aliphatic carbocycles. The zero-order chi connectivity index (χ0) is 7.28. The number of alkyl carbamates (subject to hydrolysis) is 1. The second kappa shape index (κ2) is 4.18. The van der Waals surface area contributed by atoms with Gasteiger partial charge >= 0.3 is 6.09 Å². The van der Waals surface area contributed by atoms with Gasteiger partial charge in [-0.05, 0) is 20.8 Å². The highest BCUT2D eigenvalue weighted by Gasteiger charge is 2.00. The molecule has 0 heterocycles. The topological polar surface area (TPSA) is 38.3 Å². The standard InChI is InChI=1S/C6H12NO2/c1-4-7-6(8)9-5(2)3/h4-5H,1-3H3,(H,7,8). The maximum Gasteiger partial charge on any atom is 0.407 e. The Balaban J connectivity index is 3.27. The average molecular weight is 130 g/mol. The molecule has 0 fully saturated rings. The fraction of sp³-hybridized carbons (Fsp3) is 0.667. The van der Waals surface area contributed by atoms with E-state index in [0.717, 1.165) is 0 Å². The Morgan fingerprint density at radius 1 is 1.67 bits per heavy atom. The Bertz CT molecular complexity index is 91.1. The van der Waals surface area contributed by atoms with Crippen molar-refractivity contribution in [1.82, 2.24) is 5.32 Å². The minimum atomic E-state index is -0.396. The number of hydrogen-bond acceptors (Lipinski definition) is 2. The molecule has 0 atom stereocenters. The molecule has 9 heavy (non-hydrogen) atoms. The summed E-state index contributed by atoms with van der Waals surface area (Å²) < 4.78 is 4.71. The smallest absolute Gasteiger partial charge is 0.407 e. The monoisotopic (exact) mass is 130 g/mol. The Hall–Kier alpha value is -0.730. The number of carbonyl (C=O) groups is 1. The molecule has 0 aromatic carbocycles. The Kier molecular flexibility index (Phi) is 3.84. The fourth-order valence-electron chi connectivity index (χ4n) is 0.366. The molecular formula is C6H12NO2. The molecule has 3 nitrogen and oxygen atoms in total. The first kappa shape index (κ1) is 8.27. The van der Waals surface area contributed by atoms with Crippen molar-refractivity contribution in [3.8, 4) is 0 Å². The summed E-state index contributed by atoms with van der Waals surface area (Å²) in [6, 6.07) is 0. The molecule has 0 aliphatic heterocycles. The summed E-state index contributed by atoms with van der Waals surface area (Å²) >= 11 is 0. The van der Waals surface area contributed by atoms with Crippen LogP contribution in [-0.2, 0) is 4.74 Å². The molecule has 1 amide bonds. The van der Waals surface area contributed by atoms with Crippen LogP contribution in [0, 0.1) is 6.54 Å². The van der Waals surface area contributed by atoms with Crippen LogP contribution in [0.1, 0.15) is 20.8 Å². The predicted octanol–water partition coefficient (Wildman–Crippen LogP) is 1.30. The summed E-state index contributed by atoms with van der Waals surface area (Å²) in [5.41, 5.74) is 0. The molecular weight excluding hydrogens is 118 g/mol. The van der Waals surface area contributed by atoms with E-state index in [0.29, 0.717) is 0 Å². The molecule has 0 bridgehead atoms. The van der Waals surface area contributed by atoms with Crippen LogP contribution in [-0.4, -0.2) is 12.2 Å². The summed E-state index contributed by atoms with van der Waals surface area (Å²) in [4.78, 5) is 10.5. The first-order valence-electron chi connectivity index (χ1n) is 2.91. The van der Waals surface area contributed by atoms with Gasteiger partial charge in [0, 0.05) is 6.54 Å². The maximum atomic E-state index is 10.5. The minimum absolute atomic E-state index is 0.0510. The number of ether oxygens (including phenoxy) is 1. The van der Waals surface area contributed by atoms with Crippen LogP contribution in [0.5, 0.6) is 0 Å². The van der Waals surface area contributed by atoms with E-state index in [1.54, 1.807) is 20.8 Å². The third-order valence-corrected chi connectivity index (χ3v) is 0.605. The molecule has 3 heteroatoms. The van der Waals surface area contributed by atoms with Crippen molar-refractivity contribution in [1.29, 1.82) is 0 Å². The van der Waals surface area contributed by atoms with Gasteiger partial charge in [-0.2, -0.15) is 0 Å². The summed E-state index contributed by atoms with van der Waals surface area (Å²) in [6.45, 7) is 6.86.